The highest BCUT2D eigenvalue weighted by atomic mass is 16.3. The standard InChI is InChI=1S/C25H39NO2/c1-24(28)11-9-18-17(15-24)5-6-20-19(18)10-12-25(2)21(20)7-8-22(25)23(27)16-26-13-3-4-14-26/h5,18-22,28H,3-4,6-16H2,1-2H3/t18-,19+,20+,21-,22+,24+,25-/m0/s1. The normalized spacial score (nSPS) is 48.5. The highest BCUT2D eigenvalue weighted by Crippen LogP contribution is 2.63. The lowest BCUT2D eigenvalue weighted by Crippen LogP contribution is -2.49. The zero-order valence-electron chi connectivity index (χ0n) is 18.0. The average Bonchev–Trinajstić information content (AvgIpc) is 3.27. The van der Waals surface area contributed by atoms with E-state index in [0.29, 0.717) is 24.2 Å². The van der Waals surface area contributed by atoms with Crippen LogP contribution < -0.4 is 0 Å². The summed E-state index contributed by atoms with van der Waals surface area (Å²) in [6.07, 6.45) is 14.2. The van der Waals surface area contributed by atoms with Gasteiger partial charge in [-0.25, -0.2) is 0 Å². The van der Waals surface area contributed by atoms with Crippen LogP contribution >= 0.6 is 0 Å². The zero-order chi connectivity index (χ0) is 19.5. The monoisotopic (exact) mass is 385 g/mol. The molecule has 5 rings (SSSR count). The molecule has 156 valence electrons. The van der Waals surface area contributed by atoms with E-state index in [1.807, 2.05) is 6.92 Å². The van der Waals surface area contributed by atoms with E-state index in [4.69, 9.17) is 0 Å². The molecular formula is C25H39NO2. The summed E-state index contributed by atoms with van der Waals surface area (Å²) in [6.45, 7) is 7.45. The fraction of sp³-hybridized carbons (Fsp3) is 0.880. The lowest BCUT2D eigenvalue weighted by atomic mass is 9.51. The molecule has 0 spiro atoms. The van der Waals surface area contributed by atoms with Crippen molar-refractivity contribution in [3.8, 4) is 0 Å². The van der Waals surface area contributed by atoms with Crippen LogP contribution in [0.4, 0.5) is 0 Å². The van der Waals surface area contributed by atoms with Crippen LogP contribution in [-0.4, -0.2) is 41.0 Å². The van der Waals surface area contributed by atoms with Crippen molar-refractivity contribution in [3.63, 3.8) is 0 Å². The minimum absolute atomic E-state index is 0.240. The van der Waals surface area contributed by atoms with Crippen LogP contribution in [0.1, 0.15) is 78.1 Å². The second kappa shape index (κ2) is 6.94. The molecule has 7 atom stereocenters. The molecule has 4 fully saturated rings. The molecule has 28 heavy (non-hydrogen) atoms. The number of allylic oxidation sites excluding steroid dienone is 1. The number of aliphatic hydroxyl groups is 1. The predicted octanol–water partition coefficient (Wildman–Crippen LogP) is 4.59. The van der Waals surface area contributed by atoms with Crippen molar-refractivity contribution in [1.29, 1.82) is 0 Å². The van der Waals surface area contributed by atoms with E-state index in [2.05, 4.69) is 17.9 Å². The summed E-state index contributed by atoms with van der Waals surface area (Å²) in [6, 6.07) is 0. The van der Waals surface area contributed by atoms with Gasteiger partial charge in [0.25, 0.3) is 0 Å². The summed E-state index contributed by atoms with van der Waals surface area (Å²) in [4.78, 5) is 15.6. The van der Waals surface area contributed by atoms with Gasteiger partial charge < -0.3 is 5.11 Å². The zero-order valence-corrected chi connectivity index (χ0v) is 18.0. The van der Waals surface area contributed by atoms with Gasteiger partial charge in [0.15, 0.2) is 0 Å². The van der Waals surface area contributed by atoms with Crippen LogP contribution in [0.5, 0.6) is 0 Å². The molecule has 1 heterocycles. The second-order valence-electron chi connectivity index (χ2n) is 11.4. The van der Waals surface area contributed by atoms with Crippen LogP contribution in [0.2, 0.25) is 0 Å². The predicted molar refractivity (Wildman–Crippen MR) is 112 cm³/mol. The summed E-state index contributed by atoms with van der Waals surface area (Å²) in [5.74, 6) is 3.88. The fourth-order valence-electron chi connectivity index (χ4n) is 8.27. The van der Waals surface area contributed by atoms with Crippen LogP contribution in [0.3, 0.4) is 0 Å². The van der Waals surface area contributed by atoms with E-state index in [9.17, 15) is 9.90 Å². The number of Topliss-reactive ketones (excluding diaryl/α,β-unsaturated/α-hetero) is 1. The van der Waals surface area contributed by atoms with Crippen LogP contribution in [0.15, 0.2) is 11.6 Å². The molecule has 4 aliphatic carbocycles. The molecule has 0 aromatic rings. The summed E-state index contributed by atoms with van der Waals surface area (Å²) in [5.41, 5.74) is 1.31. The molecule has 0 aromatic heterocycles. The molecule has 0 radical (unpaired) electrons. The van der Waals surface area contributed by atoms with Crippen molar-refractivity contribution in [1.82, 2.24) is 4.90 Å². The van der Waals surface area contributed by atoms with Gasteiger partial charge in [0.1, 0.15) is 5.78 Å². The number of rotatable bonds is 3. The highest BCUT2D eigenvalue weighted by Gasteiger charge is 2.57. The van der Waals surface area contributed by atoms with Crippen molar-refractivity contribution < 1.29 is 9.90 Å². The van der Waals surface area contributed by atoms with Crippen molar-refractivity contribution in [3.05, 3.63) is 11.6 Å². The van der Waals surface area contributed by atoms with Gasteiger partial charge in [-0.05, 0) is 113 Å². The van der Waals surface area contributed by atoms with E-state index < -0.39 is 5.60 Å². The molecular weight excluding hydrogens is 346 g/mol. The fourth-order valence-corrected chi connectivity index (χ4v) is 8.27. The average molecular weight is 386 g/mol. The number of nitrogens with zero attached hydrogens (tertiary/aromatic N) is 1. The van der Waals surface area contributed by atoms with Crippen molar-refractivity contribution in [2.45, 2.75) is 83.7 Å². The maximum Gasteiger partial charge on any atom is 0.150 e. The van der Waals surface area contributed by atoms with E-state index in [0.717, 1.165) is 50.1 Å². The number of carbonyl (C=O) groups is 1. The Morgan fingerprint density at radius 2 is 1.89 bits per heavy atom. The SMILES string of the molecule is C[C@@]1(O)CC[C@H]2C(=CC[C@@H]3[C@@H]2CC[C@]2(C)[C@@H](C(=O)CN4CCCC4)CC[C@@H]32)C1. The second-order valence-corrected chi connectivity index (χ2v) is 11.4. The van der Waals surface area contributed by atoms with Gasteiger partial charge in [0.2, 0.25) is 0 Å². The molecule has 5 aliphatic rings. The Labute approximate surface area is 170 Å². The Morgan fingerprint density at radius 3 is 2.68 bits per heavy atom. The lowest BCUT2D eigenvalue weighted by molar-refractivity contribution is -0.130. The van der Waals surface area contributed by atoms with E-state index >= 15 is 0 Å². The summed E-state index contributed by atoms with van der Waals surface area (Å²) >= 11 is 0. The minimum Gasteiger partial charge on any atom is -0.390 e. The Kier molecular flexibility index (Phi) is 4.79. The van der Waals surface area contributed by atoms with E-state index in [1.54, 1.807) is 5.57 Å². The number of fused-ring (bicyclic) bond motifs is 5. The summed E-state index contributed by atoms with van der Waals surface area (Å²) in [7, 11) is 0. The Bertz CT molecular complexity index is 661. The Hall–Kier alpha value is -0.670. The molecule has 0 amide bonds. The van der Waals surface area contributed by atoms with Crippen molar-refractivity contribution in [2.75, 3.05) is 19.6 Å². The van der Waals surface area contributed by atoms with Gasteiger partial charge in [-0.3, -0.25) is 9.69 Å². The molecule has 1 aliphatic heterocycles. The largest absolute Gasteiger partial charge is 0.390 e. The topological polar surface area (TPSA) is 40.5 Å². The molecule has 3 heteroatoms. The number of hydrogen-bond donors (Lipinski definition) is 1. The van der Waals surface area contributed by atoms with Gasteiger partial charge >= 0.3 is 0 Å². The molecule has 1 N–H and O–H groups in total. The molecule has 0 bridgehead atoms. The van der Waals surface area contributed by atoms with Gasteiger partial charge in [-0.1, -0.05) is 18.6 Å². The number of ketones is 1. The number of hydrogen-bond acceptors (Lipinski definition) is 3. The quantitative estimate of drug-likeness (QED) is 0.722. The van der Waals surface area contributed by atoms with Crippen LogP contribution in [0, 0.1) is 35.0 Å². The maximum atomic E-state index is 13.2. The third kappa shape index (κ3) is 3.12. The van der Waals surface area contributed by atoms with Gasteiger partial charge in [-0.2, -0.15) is 0 Å². The smallest absolute Gasteiger partial charge is 0.150 e. The third-order valence-corrected chi connectivity index (χ3v) is 9.68. The lowest BCUT2D eigenvalue weighted by Gasteiger charge is -2.54. The molecule has 0 unspecified atom stereocenters. The number of carbonyl (C=O) groups excluding carboxylic acids is 1. The van der Waals surface area contributed by atoms with Crippen LogP contribution in [-0.2, 0) is 4.79 Å². The van der Waals surface area contributed by atoms with Gasteiger partial charge in [0.05, 0.1) is 12.1 Å². The van der Waals surface area contributed by atoms with Crippen LogP contribution in [0.25, 0.3) is 0 Å². The van der Waals surface area contributed by atoms with Crippen molar-refractivity contribution in [2.24, 2.45) is 35.0 Å². The first-order valence-electron chi connectivity index (χ1n) is 12.0. The molecule has 0 aromatic carbocycles. The Morgan fingerprint density at radius 1 is 1.11 bits per heavy atom. The molecule has 3 nitrogen and oxygen atoms in total. The first-order valence-corrected chi connectivity index (χ1v) is 12.0. The van der Waals surface area contributed by atoms with Gasteiger partial charge in [-0.15, -0.1) is 0 Å². The van der Waals surface area contributed by atoms with Gasteiger partial charge in [0, 0.05) is 5.92 Å². The van der Waals surface area contributed by atoms with E-state index in [-0.39, 0.29) is 5.41 Å². The summed E-state index contributed by atoms with van der Waals surface area (Å²) < 4.78 is 0. The third-order valence-electron chi connectivity index (χ3n) is 9.68. The number of likely N-dealkylation sites (tertiary alicyclic amines) is 1. The van der Waals surface area contributed by atoms with E-state index in [1.165, 1.54) is 44.9 Å². The first-order chi connectivity index (χ1) is 13.4. The Balaban J connectivity index is 1.32. The summed E-state index contributed by atoms with van der Waals surface area (Å²) in [5, 5.41) is 10.5. The van der Waals surface area contributed by atoms with Crippen molar-refractivity contribution >= 4 is 5.78 Å². The maximum absolute atomic E-state index is 13.2. The minimum atomic E-state index is -0.487. The molecule has 1 saturated heterocycles. The highest BCUT2D eigenvalue weighted by molar-refractivity contribution is 5.84. The first kappa shape index (κ1) is 19.3. The molecule has 3 saturated carbocycles.